The molecule has 0 bridgehead atoms. The van der Waals surface area contributed by atoms with Crippen molar-refractivity contribution in [1.29, 1.82) is 0 Å². The van der Waals surface area contributed by atoms with E-state index in [9.17, 15) is 9.59 Å². The van der Waals surface area contributed by atoms with E-state index in [0.29, 0.717) is 13.2 Å². The predicted molar refractivity (Wildman–Crippen MR) is 71.5 cm³/mol. The first-order valence-corrected chi connectivity index (χ1v) is 6.49. The fourth-order valence-electron chi connectivity index (χ4n) is 2.57. The van der Waals surface area contributed by atoms with Crippen LogP contribution in [-0.4, -0.2) is 44.5 Å². The highest BCUT2D eigenvalue weighted by Crippen LogP contribution is 2.31. The topological polar surface area (TPSA) is 49.9 Å². The Kier molecular flexibility index (Phi) is 3.21. The van der Waals surface area contributed by atoms with Crippen LogP contribution < -0.4 is 9.80 Å². The van der Waals surface area contributed by atoms with Crippen LogP contribution in [-0.2, 0) is 14.3 Å². The number of benzene rings is 1. The third-order valence-electron chi connectivity index (χ3n) is 3.51. The van der Waals surface area contributed by atoms with Crippen LogP contribution in [0.3, 0.4) is 0 Å². The molecule has 0 unspecified atom stereocenters. The van der Waals surface area contributed by atoms with Gasteiger partial charge >= 0.3 is 0 Å². The predicted octanol–water partition coefficient (Wildman–Crippen LogP) is 0.829. The minimum absolute atomic E-state index is 0.0122. The van der Waals surface area contributed by atoms with E-state index in [1.807, 2.05) is 24.3 Å². The summed E-state index contributed by atoms with van der Waals surface area (Å²) in [6, 6.07) is 7.75. The fourth-order valence-corrected chi connectivity index (χ4v) is 2.57. The van der Waals surface area contributed by atoms with E-state index in [4.69, 9.17) is 4.74 Å². The molecule has 0 saturated carbocycles. The van der Waals surface area contributed by atoms with Crippen molar-refractivity contribution in [2.24, 2.45) is 0 Å². The average molecular weight is 260 g/mol. The molecule has 100 valence electrons. The van der Waals surface area contributed by atoms with Crippen LogP contribution in [0.25, 0.3) is 0 Å². The summed E-state index contributed by atoms with van der Waals surface area (Å²) in [5.41, 5.74) is 1.84. The number of hydrogen-bond donors (Lipinski definition) is 0. The zero-order valence-corrected chi connectivity index (χ0v) is 10.7. The molecule has 0 aromatic heterocycles. The minimum atomic E-state index is -0.106. The molecule has 2 fully saturated rings. The Morgan fingerprint density at radius 1 is 1.00 bits per heavy atom. The van der Waals surface area contributed by atoms with Gasteiger partial charge in [-0.1, -0.05) is 12.1 Å². The van der Waals surface area contributed by atoms with Crippen molar-refractivity contribution in [2.75, 3.05) is 42.6 Å². The number of Topliss-reactive ketones (excluding diaryl/α,β-unsaturated/α-hetero) is 1. The molecule has 2 heterocycles. The maximum absolute atomic E-state index is 11.9. The van der Waals surface area contributed by atoms with Crippen LogP contribution in [0.4, 0.5) is 11.4 Å². The van der Waals surface area contributed by atoms with E-state index in [0.717, 1.165) is 24.5 Å². The van der Waals surface area contributed by atoms with Crippen molar-refractivity contribution in [1.82, 2.24) is 0 Å². The van der Waals surface area contributed by atoms with Crippen LogP contribution >= 0.6 is 0 Å². The summed E-state index contributed by atoms with van der Waals surface area (Å²) in [4.78, 5) is 27.1. The number of morpholine rings is 1. The van der Waals surface area contributed by atoms with Gasteiger partial charge in [-0.25, -0.2) is 0 Å². The standard InChI is InChI=1S/C14H16N2O3/c17-11-9-14(18)16(10-11)13-4-2-1-3-12(13)15-5-7-19-8-6-15/h1-4H,5-10H2. The maximum atomic E-state index is 11.9. The van der Waals surface area contributed by atoms with Gasteiger partial charge in [0, 0.05) is 13.1 Å². The zero-order chi connectivity index (χ0) is 13.2. The van der Waals surface area contributed by atoms with Gasteiger partial charge in [-0.05, 0) is 12.1 Å². The SMILES string of the molecule is O=C1CC(=O)N(c2ccccc2N2CCOCC2)C1. The molecular weight excluding hydrogens is 244 g/mol. The molecule has 0 aliphatic carbocycles. The number of anilines is 2. The summed E-state index contributed by atoms with van der Waals surface area (Å²) in [5, 5.41) is 0. The monoisotopic (exact) mass is 260 g/mol. The highest BCUT2D eigenvalue weighted by Gasteiger charge is 2.30. The molecule has 5 heteroatoms. The van der Waals surface area contributed by atoms with Crippen molar-refractivity contribution < 1.29 is 14.3 Å². The van der Waals surface area contributed by atoms with Crippen LogP contribution in [0.1, 0.15) is 6.42 Å². The number of amides is 1. The quantitative estimate of drug-likeness (QED) is 0.739. The highest BCUT2D eigenvalue weighted by molar-refractivity contribution is 6.16. The Morgan fingerprint density at radius 2 is 1.68 bits per heavy atom. The van der Waals surface area contributed by atoms with Gasteiger partial charge < -0.3 is 14.5 Å². The third kappa shape index (κ3) is 2.33. The number of ether oxygens (including phenoxy) is 1. The maximum Gasteiger partial charge on any atom is 0.234 e. The smallest absolute Gasteiger partial charge is 0.234 e. The Hall–Kier alpha value is -1.88. The second-order valence-electron chi connectivity index (χ2n) is 4.78. The van der Waals surface area contributed by atoms with E-state index < -0.39 is 0 Å². The number of nitrogens with zero attached hydrogens (tertiary/aromatic N) is 2. The van der Waals surface area contributed by atoms with Crippen molar-refractivity contribution in [3.05, 3.63) is 24.3 Å². The lowest BCUT2D eigenvalue weighted by Gasteiger charge is -2.32. The van der Waals surface area contributed by atoms with Crippen molar-refractivity contribution in [3.8, 4) is 0 Å². The van der Waals surface area contributed by atoms with Crippen LogP contribution in [0, 0.1) is 0 Å². The summed E-state index contributed by atoms with van der Waals surface area (Å²) < 4.78 is 5.35. The lowest BCUT2D eigenvalue weighted by molar-refractivity contribution is -0.121. The molecule has 3 rings (SSSR count). The molecule has 0 N–H and O–H groups in total. The van der Waals surface area contributed by atoms with E-state index in [-0.39, 0.29) is 24.7 Å². The largest absolute Gasteiger partial charge is 0.378 e. The Bertz CT molecular complexity index is 509. The van der Waals surface area contributed by atoms with Crippen molar-refractivity contribution >= 4 is 23.1 Å². The van der Waals surface area contributed by atoms with E-state index in [1.54, 1.807) is 4.90 Å². The summed E-state index contributed by atoms with van der Waals surface area (Å²) in [5.74, 6) is -0.118. The molecule has 19 heavy (non-hydrogen) atoms. The van der Waals surface area contributed by atoms with Gasteiger partial charge in [-0.3, -0.25) is 9.59 Å². The molecule has 5 nitrogen and oxygen atoms in total. The first kappa shape index (κ1) is 12.2. The first-order valence-electron chi connectivity index (χ1n) is 6.49. The average Bonchev–Trinajstić information content (AvgIpc) is 2.79. The number of carbonyl (C=O) groups is 2. The summed E-state index contributed by atoms with van der Waals surface area (Å²) in [6.07, 6.45) is 0.0252. The van der Waals surface area contributed by atoms with E-state index >= 15 is 0 Å². The van der Waals surface area contributed by atoms with E-state index in [2.05, 4.69) is 4.90 Å². The zero-order valence-electron chi connectivity index (χ0n) is 10.7. The van der Waals surface area contributed by atoms with Crippen molar-refractivity contribution in [3.63, 3.8) is 0 Å². The summed E-state index contributed by atoms with van der Waals surface area (Å²) in [6.45, 7) is 3.21. The molecule has 1 aromatic carbocycles. The summed E-state index contributed by atoms with van der Waals surface area (Å²) >= 11 is 0. The van der Waals surface area contributed by atoms with Gasteiger partial charge in [-0.2, -0.15) is 0 Å². The molecule has 2 aliphatic heterocycles. The number of hydrogen-bond acceptors (Lipinski definition) is 4. The highest BCUT2D eigenvalue weighted by atomic mass is 16.5. The third-order valence-corrected chi connectivity index (χ3v) is 3.51. The molecule has 0 spiro atoms. The number of para-hydroxylation sites is 2. The molecular formula is C14H16N2O3. The van der Waals surface area contributed by atoms with Crippen molar-refractivity contribution in [2.45, 2.75) is 6.42 Å². The first-order chi connectivity index (χ1) is 9.25. The second kappa shape index (κ2) is 5.01. The molecule has 1 amide bonds. The van der Waals surface area contributed by atoms with Crippen LogP contribution in [0.15, 0.2) is 24.3 Å². The molecule has 0 atom stereocenters. The molecule has 2 aliphatic rings. The summed E-state index contributed by atoms with van der Waals surface area (Å²) in [7, 11) is 0. The lowest BCUT2D eigenvalue weighted by atomic mass is 10.2. The fraction of sp³-hybridized carbons (Fsp3) is 0.429. The molecule has 1 aromatic rings. The van der Waals surface area contributed by atoms with Crippen LogP contribution in [0.5, 0.6) is 0 Å². The van der Waals surface area contributed by atoms with Gasteiger partial charge in [0.1, 0.15) is 0 Å². The van der Waals surface area contributed by atoms with Crippen LogP contribution in [0.2, 0.25) is 0 Å². The Balaban J connectivity index is 1.92. The van der Waals surface area contributed by atoms with Gasteiger partial charge in [-0.15, -0.1) is 0 Å². The lowest BCUT2D eigenvalue weighted by Crippen LogP contribution is -2.37. The minimum Gasteiger partial charge on any atom is -0.378 e. The molecule has 0 radical (unpaired) electrons. The number of rotatable bonds is 2. The van der Waals surface area contributed by atoms with Gasteiger partial charge in [0.2, 0.25) is 5.91 Å². The Morgan fingerprint density at radius 3 is 2.32 bits per heavy atom. The molecule has 2 saturated heterocycles. The Labute approximate surface area is 111 Å². The van der Waals surface area contributed by atoms with Gasteiger partial charge in [0.15, 0.2) is 5.78 Å². The second-order valence-corrected chi connectivity index (χ2v) is 4.78. The normalized spacial score (nSPS) is 20.2. The number of ketones is 1. The van der Waals surface area contributed by atoms with E-state index in [1.165, 1.54) is 0 Å². The number of carbonyl (C=O) groups excluding carboxylic acids is 2. The van der Waals surface area contributed by atoms with Gasteiger partial charge in [0.05, 0.1) is 37.6 Å². The van der Waals surface area contributed by atoms with Gasteiger partial charge in [0.25, 0.3) is 0 Å².